The topological polar surface area (TPSA) is 67.2 Å². The van der Waals surface area contributed by atoms with Crippen molar-refractivity contribution in [3.63, 3.8) is 0 Å². The van der Waals surface area contributed by atoms with Crippen molar-refractivity contribution < 1.29 is 4.79 Å². The summed E-state index contributed by atoms with van der Waals surface area (Å²) in [5, 5.41) is 4.00. The minimum absolute atomic E-state index is 0.132. The number of carbonyl (C=O) groups is 1. The lowest BCUT2D eigenvalue weighted by atomic mass is 10.1. The van der Waals surface area contributed by atoms with Crippen molar-refractivity contribution in [3.8, 4) is 5.69 Å². The van der Waals surface area contributed by atoms with Gasteiger partial charge in [-0.1, -0.05) is 43.0 Å². The number of nitrogens with zero attached hydrogens (tertiary/aromatic N) is 3. The van der Waals surface area contributed by atoms with E-state index in [-0.39, 0.29) is 17.2 Å². The van der Waals surface area contributed by atoms with Crippen LogP contribution in [0.5, 0.6) is 0 Å². The predicted octanol–water partition coefficient (Wildman–Crippen LogP) is 5.91. The molecule has 0 unspecified atom stereocenters. The first-order chi connectivity index (χ1) is 17.4. The Kier molecular flexibility index (Phi) is 8.10. The van der Waals surface area contributed by atoms with Crippen molar-refractivity contribution in [1.29, 1.82) is 0 Å². The number of anilines is 2. The van der Waals surface area contributed by atoms with E-state index in [0.29, 0.717) is 22.1 Å². The summed E-state index contributed by atoms with van der Waals surface area (Å²) in [6, 6.07) is 23.5. The Balaban J connectivity index is 1.55. The van der Waals surface area contributed by atoms with E-state index in [1.165, 1.54) is 17.3 Å². The van der Waals surface area contributed by atoms with E-state index in [4.69, 9.17) is 4.98 Å². The van der Waals surface area contributed by atoms with Crippen LogP contribution in [-0.2, 0) is 11.2 Å². The highest BCUT2D eigenvalue weighted by atomic mass is 32.2. The number of hydrogen-bond acceptors (Lipinski definition) is 5. The maximum Gasteiger partial charge on any atom is 0.266 e. The van der Waals surface area contributed by atoms with Gasteiger partial charge in [-0.15, -0.1) is 0 Å². The summed E-state index contributed by atoms with van der Waals surface area (Å²) < 4.78 is 1.60. The number of hydrogen-bond donors (Lipinski definition) is 1. The van der Waals surface area contributed by atoms with Gasteiger partial charge in [-0.2, -0.15) is 0 Å². The zero-order chi connectivity index (χ0) is 25.7. The third kappa shape index (κ3) is 5.62. The van der Waals surface area contributed by atoms with Gasteiger partial charge < -0.3 is 10.2 Å². The molecule has 6 nitrogen and oxygen atoms in total. The van der Waals surface area contributed by atoms with E-state index < -0.39 is 0 Å². The van der Waals surface area contributed by atoms with Crippen molar-refractivity contribution in [1.82, 2.24) is 9.55 Å². The third-order valence-electron chi connectivity index (χ3n) is 6.13. The maximum atomic E-state index is 13.4. The number of fused-ring (bicyclic) bond motifs is 1. The zero-order valence-electron chi connectivity index (χ0n) is 21.2. The van der Waals surface area contributed by atoms with Crippen LogP contribution in [0.1, 0.15) is 33.3 Å². The number of benzene rings is 3. The molecule has 36 heavy (non-hydrogen) atoms. The fraction of sp³-hybridized carbons (Fsp3) is 0.276. The highest BCUT2D eigenvalue weighted by Crippen LogP contribution is 2.23. The standard InChI is InChI=1S/C29H32N4O2S/c1-5-21-11-15-24(16-12-21)33-28(35)25-9-7-8-10-26(25)31-29(33)36-19-27(34)30-22-13-17-23(18-14-22)32(6-2)20(3)4/h7-18,20H,5-6,19H2,1-4H3,(H,30,34). The van der Waals surface area contributed by atoms with Gasteiger partial charge >= 0.3 is 0 Å². The Labute approximate surface area is 216 Å². The van der Waals surface area contributed by atoms with Crippen LogP contribution in [0.2, 0.25) is 0 Å². The van der Waals surface area contributed by atoms with Crippen LogP contribution >= 0.6 is 11.8 Å². The first kappa shape index (κ1) is 25.5. The van der Waals surface area contributed by atoms with E-state index in [0.717, 1.165) is 30.0 Å². The van der Waals surface area contributed by atoms with Crippen LogP contribution in [0.25, 0.3) is 16.6 Å². The lowest BCUT2D eigenvalue weighted by Crippen LogP contribution is -2.30. The monoisotopic (exact) mass is 500 g/mol. The van der Waals surface area contributed by atoms with E-state index in [1.807, 2.05) is 66.7 Å². The van der Waals surface area contributed by atoms with E-state index in [1.54, 1.807) is 10.6 Å². The minimum atomic E-state index is -0.153. The lowest BCUT2D eigenvalue weighted by molar-refractivity contribution is -0.113. The summed E-state index contributed by atoms with van der Waals surface area (Å²) in [4.78, 5) is 33.2. The molecule has 0 radical (unpaired) electrons. The average molecular weight is 501 g/mol. The molecule has 186 valence electrons. The number of amides is 1. The second-order valence-corrected chi connectivity index (χ2v) is 9.78. The fourth-order valence-electron chi connectivity index (χ4n) is 4.23. The second kappa shape index (κ2) is 11.4. The Morgan fingerprint density at radius 3 is 2.33 bits per heavy atom. The van der Waals surface area contributed by atoms with Gasteiger partial charge in [0.1, 0.15) is 0 Å². The molecule has 1 N–H and O–H groups in total. The highest BCUT2D eigenvalue weighted by molar-refractivity contribution is 7.99. The van der Waals surface area contributed by atoms with Crippen molar-refractivity contribution in [2.75, 3.05) is 22.5 Å². The van der Waals surface area contributed by atoms with Crippen LogP contribution in [0.3, 0.4) is 0 Å². The molecule has 7 heteroatoms. The number of nitrogens with one attached hydrogen (secondary N) is 1. The smallest absolute Gasteiger partial charge is 0.266 e. The van der Waals surface area contributed by atoms with Gasteiger partial charge in [-0.05, 0) is 81.3 Å². The lowest BCUT2D eigenvalue weighted by Gasteiger charge is -2.27. The van der Waals surface area contributed by atoms with Crippen molar-refractivity contribution in [3.05, 3.63) is 88.7 Å². The minimum Gasteiger partial charge on any atom is -0.369 e. The Bertz CT molecular complexity index is 1400. The number of rotatable bonds is 9. The number of aryl methyl sites for hydroxylation is 1. The van der Waals surface area contributed by atoms with Gasteiger partial charge in [-0.25, -0.2) is 4.98 Å². The predicted molar refractivity (Wildman–Crippen MR) is 151 cm³/mol. The maximum absolute atomic E-state index is 13.4. The molecule has 0 aliphatic rings. The molecule has 0 aliphatic heterocycles. The summed E-state index contributed by atoms with van der Waals surface area (Å²) in [7, 11) is 0. The fourth-order valence-corrected chi connectivity index (χ4v) is 5.04. The van der Waals surface area contributed by atoms with Gasteiger partial charge in [0, 0.05) is 24.0 Å². The summed E-state index contributed by atoms with van der Waals surface area (Å²) in [5.74, 6) is -0.0219. The second-order valence-electron chi connectivity index (χ2n) is 8.84. The van der Waals surface area contributed by atoms with E-state index in [9.17, 15) is 9.59 Å². The number of carbonyl (C=O) groups excluding carboxylic acids is 1. The molecule has 3 aromatic carbocycles. The van der Waals surface area contributed by atoms with Gasteiger partial charge in [0.15, 0.2) is 5.16 Å². The first-order valence-corrected chi connectivity index (χ1v) is 13.3. The van der Waals surface area contributed by atoms with Crippen molar-refractivity contribution in [2.24, 2.45) is 0 Å². The molecular weight excluding hydrogens is 468 g/mol. The average Bonchev–Trinajstić information content (AvgIpc) is 2.89. The molecule has 4 aromatic rings. The Morgan fingerprint density at radius 1 is 1.00 bits per heavy atom. The summed E-state index contributed by atoms with van der Waals surface area (Å²) >= 11 is 1.26. The van der Waals surface area contributed by atoms with Gasteiger partial charge in [0.05, 0.1) is 22.3 Å². The molecule has 1 heterocycles. The number of para-hydroxylation sites is 1. The molecule has 0 aliphatic carbocycles. The van der Waals surface area contributed by atoms with Crippen LogP contribution in [0.15, 0.2) is 82.7 Å². The third-order valence-corrected chi connectivity index (χ3v) is 7.07. The molecule has 0 saturated heterocycles. The van der Waals surface area contributed by atoms with Crippen LogP contribution in [-0.4, -0.2) is 33.8 Å². The molecule has 0 atom stereocenters. The Morgan fingerprint density at radius 2 is 1.69 bits per heavy atom. The summed E-state index contributed by atoms with van der Waals surface area (Å²) in [5.41, 5.74) is 4.26. The molecule has 0 bridgehead atoms. The quantitative estimate of drug-likeness (QED) is 0.228. The summed E-state index contributed by atoms with van der Waals surface area (Å²) in [6.45, 7) is 9.47. The van der Waals surface area contributed by atoms with Gasteiger partial charge in [0.2, 0.25) is 5.91 Å². The van der Waals surface area contributed by atoms with Gasteiger partial charge in [-0.3, -0.25) is 14.2 Å². The first-order valence-electron chi connectivity index (χ1n) is 12.3. The van der Waals surface area contributed by atoms with E-state index >= 15 is 0 Å². The molecule has 1 aromatic heterocycles. The molecule has 4 rings (SSSR count). The molecule has 0 saturated carbocycles. The number of aromatic nitrogens is 2. The molecule has 1 amide bonds. The van der Waals surface area contributed by atoms with Gasteiger partial charge in [0.25, 0.3) is 5.56 Å². The SMILES string of the molecule is CCc1ccc(-n2c(SCC(=O)Nc3ccc(N(CC)C(C)C)cc3)nc3ccccc3c2=O)cc1. The molecule has 0 spiro atoms. The van der Waals surface area contributed by atoms with E-state index in [2.05, 4.69) is 37.9 Å². The largest absolute Gasteiger partial charge is 0.369 e. The van der Waals surface area contributed by atoms with Crippen LogP contribution < -0.4 is 15.8 Å². The highest BCUT2D eigenvalue weighted by Gasteiger charge is 2.15. The summed E-state index contributed by atoms with van der Waals surface area (Å²) in [6.07, 6.45) is 0.919. The van der Waals surface area contributed by atoms with Crippen LogP contribution in [0.4, 0.5) is 11.4 Å². The molecular formula is C29H32N4O2S. The van der Waals surface area contributed by atoms with Crippen molar-refractivity contribution >= 4 is 39.9 Å². The normalized spacial score (nSPS) is 11.1. The Hall–Kier alpha value is -3.58. The molecule has 0 fully saturated rings. The van der Waals surface area contributed by atoms with Crippen molar-refractivity contribution in [2.45, 2.75) is 45.3 Å². The number of thioether (sulfide) groups is 1. The zero-order valence-corrected chi connectivity index (χ0v) is 22.0. The van der Waals surface area contributed by atoms with Crippen LogP contribution in [0, 0.1) is 0 Å².